The van der Waals surface area contributed by atoms with Crippen molar-refractivity contribution in [1.82, 2.24) is 14.5 Å². The lowest BCUT2D eigenvalue weighted by molar-refractivity contribution is 0.798. The molecule has 0 radical (unpaired) electrons. The van der Waals surface area contributed by atoms with Crippen LogP contribution in [-0.2, 0) is 6.54 Å². The zero-order valence-corrected chi connectivity index (χ0v) is 15.0. The molecule has 0 spiro atoms. The first-order valence-electron chi connectivity index (χ1n) is 8.59. The molecule has 0 fully saturated rings. The molecule has 1 aliphatic rings. The van der Waals surface area contributed by atoms with Crippen LogP contribution in [0.25, 0.3) is 17.1 Å². The van der Waals surface area contributed by atoms with Gasteiger partial charge in [-0.1, -0.05) is 35.9 Å². The van der Waals surface area contributed by atoms with E-state index in [2.05, 4.69) is 26.3 Å². The normalized spacial score (nSPS) is 14.1. The molecular weight excluding hydrogens is 346 g/mol. The second-order valence-corrected chi connectivity index (χ2v) is 6.56. The SMILES string of the molecule is Clc1ccccc1Cn1cnc(-c2cc(C3=CCCCN=N3)ccn2)c1. The molecular formula is C20H18ClN5. The van der Waals surface area contributed by atoms with Gasteiger partial charge in [0.25, 0.3) is 0 Å². The maximum Gasteiger partial charge on any atom is 0.107 e. The largest absolute Gasteiger partial charge is 0.332 e. The molecule has 3 aromatic rings. The van der Waals surface area contributed by atoms with Crippen molar-refractivity contribution < 1.29 is 0 Å². The highest BCUT2D eigenvalue weighted by Gasteiger charge is 2.09. The second kappa shape index (κ2) is 7.62. The Labute approximate surface area is 157 Å². The molecule has 0 bridgehead atoms. The number of halogens is 1. The molecule has 130 valence electrons. The molecule has 1 aliphatic heterocycles. The number of azo groups is 1. The number of pyridine rings is 1. The number of aromatic nitrogens is 3. The molecule has 6 heteroatoms. The summed E-state index contributed by atoms with van der Waals surface area (Å²) in [5.74, 6) is 0. The van der Waals surface area contributed by atoms with Gasteiger partial charge in [-0.15, -0.1) is 0 Å². The molecule has 0 amide bonds. The molecule has 3 heterocycles. The van der Waals surface area contributed by atoms with Gasteiger partial charge in [0.2, 0.25) is 0 Å². The van der Waals surface area contributed by atoms with Gasteiger partial charge in [0, 0.05) is 29.5 Å². The first kappa shape index (κ1) is 16.7. The van der Waals surface area contributed by atoms with Crippen molar-refractivity contribution in [2.45, 2.75) is 19.4 Å². The van der Waals surface area contributed by atoms with Gasteiger partial charge in [0.15, 0.2) is 0 Å². The maximum absolute atomic E-state index is 6.25. The fourth-order valence-corrected chi connectivity index (χ4v) is 3.07. The standard InChI is InChI=1S/C20H18ClN5/c21-17-6-2-1-5-16(17)12-26-13-20(23-14-26)19-11-15(8-10-22-19)18-7-3-4-9-24-25-18/h1-2,5-8,10-11,13-14H,3-4,9,12H2. The summed E-state index contributed by atoms with van der Waals surface area (Å²) in [7, 11) is 0. The van der Waals surface area contributed by atoms with Gasteiger partial charge in [-0.3, -0.25) is 4.98 Å². The van der Waals surface area contributed by atoms with Crippen molar-refractivity contribution in [1.29, 1.82) is 0 Å². The van der Waals surface area contributed by atoms with E-state index in [9.17, 15) is 0 Å². The van der Waals surface area contributed by atoms with Crippen molar-refractivity contribution >= 4 is 17.3 Å². The molecule has 0 atom stereocenters. The monoisotopic (exact) mass is 363 g/mol. The predicted octanol–water partition coefficient (Wildman–Crippen LogP) is 5.23. The van der Waals surface area contributed by atoms with Crippen LogP contribution in [0.15, 0.2) is 71.4 Å². The van der Waals surface area contributed by atoms with E-state index in [1.807, 2.05) is 47.2 Å². The Morgan fingerprint density at radius 1 is 1.08 bits per heavy atom. The van der Waals surface area contributed by atoms with Gasteiger partial charge in [-0.05, 0) is 36.6 Å². The van der Waals surface area contributed by atoms with Crippen LogP contribution in [0.1, 0.15) is 24.0 Å². The van der Waals surface area contributed by atoms with E-state index in [1.54, 1.807) is 12.5 Å². The van der Waals surface area contributed by atoms with Crippen LogP contribution in [0.5, 0.6) is 0 Å². The Bertz CT molecular complexity index is 974. The number of hydrogen-bond donors (Lipinski definition) is 0. The molecule has 0 aliphatic carbocycles. The van der Waals surface area contributed by atoms with Gasteiger partial charge >= 0.3 is 0 Å². The third-order valence-electron chi connectivity index (χ3n) is 4.24. The Morgan fingerprint density at radius 3 is 2.92 bits per heavy atom. The summed E-state index contributed by atoms with van der Waals surface area (Å²) in [6.07, 6.45) is 9.74. The maximum atomic E-state index is 6.25. The van der Waals surface area contributed by atoms with Crippen molar-refractivity contribution in [2.24, 2.45) is 10.2 Å². The zero-order valence-electron chi connectivity index (χ0n) is 14.2. The molecule has 0 saturated heterocycles. The predicted molar refractivity (Wildman–Crippen MR) is 103 cm³/mol. The van der Waals surface area contributed by atoms with Gasteiger partial charge in [-0.25, -0.2) is 4.98 Å². The zero-order chi connectivity index (χ0) is 17.8. The average molecular weight is 364 g/mol. The summed E-state index contributed by atoms with van der Waals surface area (Å²) in [5, 5.41) is 9.27. The van der Waals surface area contributed by atoms with Gasteiger partial charge < -0.3 is 4.57 Å². The van der Waals surface area contributed by atoms with Crippen LogP contribution in [0.4, 0.5) is 0 Å². The van der Waals surface area contributed by atoms with Crippen LogP contribution >= 0.6 is 11.6 Å². The first-order chi connectivity index (χ1) is 12.8. The van der Waals surface area contributed by atoms with Gasteiger partial charge in [0.05, 0.1) is 24.3 Å². The molecule has 0 unspecified atom stereocenters. The van der Waals surface area contributed by atoms with Crippen molar-refractivity contribution in [3.05, 3.63) is 77.3 Å². The van der Waals surface area contributed by atoms with Crippen LogP contribution in [0, 0.1) is 0 Å². The van der Waals surface area contributed by atoms with E-state index >= 15 is 0 Å². The lowest BCUT2D eigenvalue weighted by Crippen LogP contribution is -1.96. The molecule has 2 aromatic heterocycles. The molecule has 0 saturated carbocycles. The molecule has 5 nitrogen and oxygen atoms in total. The number of nitrogens with zero attached hydrogens (tertiary/aromatic N) is 5. The Morgan fingerprint density at radius 2 is 2.00 bits per heavy atom. The fourth-order valence-electron chi connectivity index (χ4n) is 2.88. The summed E-state index contributed by atoms with van der Waals surface area (Å²) in [5.41, 5.74) is 4.62. The number of rotatable bonds is 4. The van der Waals surface area contributed by atoms with E-state index in [0.717, 1.165) is 52.6 Å². The van der Waals surface area contributed by atoms with E-state index in [4.69, 9.17) is 11.6 Å². The third-order valence-corrected chi connectivity index (χ3v) is 4.61. The topological polar surface area (TPSA) is 55.4 Å². The highest BCUT2D eigenvalue weighted by Crippen LogP contribution is 2.24. The van der Waals surface area contributed by atoms with E-state index in [-0.39, 0.29) is 0 Å². The lowest BCUT2D eigenvalue weighted by Gasteiger charge is -2.04. The molecule has 1 aromatic carbocycles. The minimum atomic E-state index is 0.672. The Hall–Kier alpha value is -2.79. The Kier molecular flexibility index (Phi) is 4.88. The summed E-state index contributed by atoms with van der Waals surface area (Å²) in [6, 6.07) is 11.8. The van der Waals surface area contributed by atoms with Crippen LogP contribution in [0.3, 0.4) is 0 Å². The fraction of sp³-hybridized carbons (Fsp3) is 0.200. The van der Waals surface area contributed by atoms with Crippen LogP contribution < -0.4 is 0 Å². The molecule has 4 rings (SSSR count). The number of hydrogen-bond acceptors (Lipinski definition) is 4. The number of allylic oxidation sites excluding steroid dienone is 1. The third kappa shape index (κ3) is 3.73. The summed E-state index contributed by atoms with van der Waals surface area (Å²) in [4.78, 5) is 8.97. The lowest BCUT2D eigenvalue weighted by atomic mass is 10.1. The van der Waals surface area contributed by atoms with Crippen molar-refractivity contribution in [3.63, 3.8) is 0 Å². The van der Waals surface area contributed by atoms with Crippen molar-refractivity contribution in [2.75, 3.05) is 6.54 Å². The van der Waals surface area contributed by atoms with Crippen LogP contribution in [0.2, 0.25) is 5.02 Å². The van der Waals surface area contributed by atoms with Gasteiger partial charge in [0.1, 0.15) is 5.69 Å². The second-order valence-electron chi connectivity index (χ2n) is 6.15. The Balaban J connectivity index is 1.59. The van der Waals surface area contributed by atoms with E-state index in [0.29, 0.717) is 6.54 Å². The first-order valence-corrected chi connectivity index (χ1v) is 8.97. The van der Waals surface area contributed by atoms with E-state index in [1.165, 1.54) is 0 Å². The smallest absolute Gasteiger partial charge is 0.107 e. The highest BCUT2D eigenvalue weighted by atomic mass is 35.5. The van der Waals surface area contributed by atoms with E-state index < -0.39 is 0 Å². The summed E-state index contributed by atoms with van der Waals surface area (Å²) >= 11 is 6.25. The summed E-state index contributed by atoms with van der Waals surface area (Å²) < 4.78 is 2.01. The minimum Gasteiger partial charge on any atom is -0.332 e. The minimum absolute atomic E-state index is 0.672. The number of imidazole rings is 1. The average Bonchev–Trinajstić information content (AvgIpc) is 2.96. The molecule has 26 heavy (non-hydrogen) atoms. The van der Waals surface area contributed by atoms with Crippen LogP contribution in [-0.4, -0.2) is 21.1 Å². The van der Waals surface area contributed by atoms with Crippen molar-refractivity contribution in [3.8, 4) is 11.4 Å². The highest BCUT2D eigenvalue weighted by molar-refractivity contribution is 6.31. The number of benzene rings is 1. The summed E-state index contributed by atoms with van der Waals surface area (Å²) in [6.45, 7) is 1.45. The molecule has 0 N–H and O–H groups in total. The quantitative estimate of drug-likeness (QED) is 0.637. The van der Waals surface area contributed by atoms with Gasteiger partial charge in [-0.2, -0.15) is 10.2 Å².